The summed E-state index contributed by atoms with van der Waals surface area (Å²) in [5, 5.41) is 4.00. The Kier molecular flexibility index (Phi) is 12.0. The van der Waals surface area contributed by atoms with E-state index < -0.39 is 5.41 Å². The number of rotatable bonds is 12. The monoisotopic (exact) mass is 739 g/mol. The van der Waals surface area contributed by atoms with E-state index in [4.69, 9.17) is 0 Å². The molecule has 4 aromatic rings. The first kappa shape index (κ1) is 38.8. The van der Waals surface area contributed by atoms with Crippen molar-refractivity contribution in [2.75, 3.05) is 0 Å². The van der Waals surface area contributed by atoms with Crippen LogP contribution in [-0.2, 0) is 5.41 Å². The number of hydrogen-bond donors (Lipinski definition) is 1. The van der Waals surface area contributed by atoms with Crippen molar-refractivity contribution >= 4 is 11.1 Å². The zero-order valence-corrected chi connectivity index (χ0v) is 33.8. The summed E-state index contributed by atoms with van der Waals surface area (Å²) in [5.74, 6) is 0. The van der Waals surface area contributed by atoms with E-state index in [1.54, 1.807) is 0 Å². The topological polar surface area (TPSA) is 12.0 Å². The summed E-state index contributed by atoms with van der Waals surface area (Å²) in [6.07, 6.45) is 32.7. The fourth-order valence-corrected chi connectivity index (χ4v) is 8.83. The van der Waals surface area contributed by atoms with Crippen LogP contribution in [0.3, 0.4) is 0 Å². The minimum absolute atomic E-state index is 0.0740. The molecule has 0 saturated carbocycles. The molecule has 0 bridgehead atoms. The average molecular weight is 740 g/mol. The highest BCUT2D eigenvalue weighted by molar-refractivity contribution is 5.91. The highest BCUT2D eigenvalue weighted by atomic mass is 14.9. The van der Waals surface area contributed by atoms with Crippen LogP contribution in [0.15, 0.2) is 235 Å². The molecule has 2 atom stereocenters. The minimum Gasteiger partial charge on any atom is -0.374 e. The second-order valence-electron chi connectivity index (χ2n) is 14.8. The molecule has 0 amide bonds. The van der Waals surface area contributed by atoms with Crippen molar-refractivity contribution < 1.29 is 0 Å². The molecule has 57 heavy (non-hydrogen) atoms. The minimum atomic E-state index is -0.413. The van der Waals surface area contributed by atoms with E-state index in [1.807, 2.05) is 12.2 Å². The van der Waals surface area contributed by atoms with E-state index in [0.717, 1.165) is 29.7 Å². The lowest BCUT2D eigenvalue weighted by Crippen LogP contribution is -2.31. The average Bonchev–Trinajstić information content (AvgIpc) is 3.56. The molecular formula is C56H53N. The highest BCUT2D eigenvalue weighted by Crippen LogP contribution is 2.58. The van der Waals surface area contributed by atoms with E-state index >= 15 is 0 Å². The number of fused-ring (bicyclic) bond motifs is 2. The number of nitrogens with one attached hydrogen (secondary N) is 1. The number of allylic oxidation sites excluding steroid dienone is 19. The fraction of sp³-hybridized carbons (Fsp3) is 0.143. The van der Waals surface area contributed by atoms with Gasteiger partial charge >= 0.3 is 0 Å². The molecule has 7 rings (SSSR count). The summed E-state index contributed by atoms with van der Waals surface area (Å²) >= 11 is 0. The van der Waals surface area contributed by atoms with Crippen LogP contribution in [0.5, 0.6) is 0 Å². The van der Waals surface area contributed by atoms with Gasteiger partial charge in [0.1, 0.15) is 0 Å². The molecule has 1 N–H and O–H groups in total. The van der Waals surface area contributed by atoms with Gasteiger partial charge in [0.15, 0.2) is 0 Å². The Bertz CT molecular complexity index is 2480. The maximum atomic E-state index is 4.16. The lowest BCUT2D eigenvalue weighted by atomic mass is 9.64. The van der Waals surface area contributed by atoms with Gasteiger partial charge in [-0.2, -0.15) is 0 Å². The van der Waals surface area contributed by atoms with Crippen molar-refractivity contribution in [3.05, 3.63) is 263 Å². The third kappa shape index (κ3) is 7.59. The van der Waals surface area contributed by atoms with Crippen molar-refractivity contribution in [2.24, 2.45) is 0 Å². The zero-order valence-electron chi connectivity index (χ0n) is 33.8. The van der Waals surface area contributed by atoms with Gasteiger partial charge in [-0.25, -0.2) is 0 Å². The molecule has 0 radical (unpaired) electrons. The number of dihydropyridines is 1. The molecule has 0 spiro atoms. The predicted molar refractivity (Wildman–Crippen MR) is 246 cm³/mol. The second-order valence-corrected chi connectivity index (χ2v) is 14.8. The molecule has 1 heteroatoms. The van der Waals surface area contributed by atoms with Gasteiger partial charge in [-0.3, -0.25) is 0 Å². The Morgan fingerprint density at radius 2 is 1.49 bits per heavy atom. The standard InChI is InChI=1S/C56H53N/c1-7-21-42(22-8-2)40(6)35-41(11-5)54-38-47(45-28-20-27-44(36-45)43-25-14-12-15-26-43)39-55(57-54)46-33-34-53-51(37-46)50-31-18-19-32-52(50)56(53,48(23-9-3)24-10-4)49-29-16-13-17-30-49/h7-18,20-31,33-39,55,57H,1,3,19,32H2,2,4-6H3/b22-8-,24-10-,40-35+,41-11+,42-21+,48-23+. The maximum Gasteiger partial charge on any atom is 0.0707 e. The molecule has 4 aromatic carbocycles. The van der Waals surface area contributed by atoms with Crippen molar-refractivity contribution in [1.82, 2.24) is 5.32 Å². The summed E-state index contributed by atoms with van der Waals surface area (Å²) < 4.78 is 0. The highest BCUT2D eigenvalue weighted by Gasteiger charge is 2.48. The van der Waals surface area contributed by atoms with Gasteiger partial charge < -0.3 is 5.32 Å². The Hall–Kier alpha value is -6.44. The number of benzene rings is 4. The van der Waals surface area contributed by atoms with Crippen LogP contribution in [-0.4, -0.2) is 0 Å². The van der Waals surface area contributed by atoms with Crippen LogP contribution in [0.25, 0.3) is 22.3 Å². The van der Waals surface area contributed by atoms with E-state index in [-0.39, 0.29) is 6.04 Å². The molecule has 1 nitrogen and oxygen atoms in total. The van der Waals surface area contributed by atoms with Gasteiger partial charge in [-0.05, 0) is 149 Å². The smallest absolute Gasteiger partial charge is 0.0707 e. The van der Waals surface area contributed by atoms with Crippen molar-refractivity contribution in [2.45, 2.75) is 52.0 Å². The van der Waals surface area contributed by atoms with Crippen molar-refractivity contribution in [1.29, 1.82) is 0 Å². The van der Waals surface area contributed by atoms with Crippen LogP contribution in [0.4, 0.5) is 0 Å². The first-order valence-electron chi connectivity index (χ1n) is 20.2. The fourth-order valence-electron chi connectivity index (χ4n) is 8.83. The quantitative estimate of drug-likeness (QED) is 0.143. The van der Waals surface area contributed by atoms with Gasteiger partial charge in [-0.15, -0.1) is 0 Å². The SMILES string of the molecule is C=C/C=C(\C=C/C)C(/C)=C/C(=C\C)C1=CC(c2cccc(-c3ccccc3)c2)=CC(c2ccc3c(c2)C2=C(CCC=C2)C3(C(/C=C\C)=C/C=C)c2ccccc2)N1. The van der Waals surface area contributed by atoms with E-state index in [9.17, 15) is 0 Å². The summed E-state index contributed by atoms with van der Waals surface area (Å²) in [7, 11) is 0. The van der Waals surface area contributed by atoms with E-state index in [0.29, 0.717) is 0 Å². The Morgan fingerprint density at radius 1 is 0.772 bits per heavy atom. The number of hydrogen-bond acceptors (Lipinski definition) is 1. The van der Waals surface area contributed by atoms with Crippen LogP contribution in [0, 0.1) is 0 Å². The van der Waals surface area contributed by atoms with Crippen molar-refractivity contribution in [3.8, 4) is 11.1 Å². The van der Waals surface area contributed by atoms with Crippen molar-refractivity contribution in [3.63, 3.8) is 0 Å². The van der Waals surface area contributed by atoms with Crippen LogP contribution >= 0.6 is 0 Å². The van der Waals surface area contributed by atoms with Crippen LogP contribution < -0.4 is 5.32 Å². The second kappa shape index (κ2) is 17.6. The third-order valence-electron chi connectivity index (χ3n) is 11.4. The zero-order chi connectivity index (χ0) is 39.8. The summed E-state index contributed by atoms with van der Waals surface area (Å²) in [6, 6.07) is 37.8. The molecule has 2 aliphatic carbocycles. The van der Waals surface area contributed by atoms with E-state index in [1.165, 1.54) is 66.8 Å². The molecule has 282 valence electrons. The molecule has 0 fully saturated rings. The molecular weight excluding hydrogens is 687 g/mol. The summed E-state index contributed by atoms with van der Waals surface area (Å²) in [4.78, 5) is 0. The lowest BCUT2D eigenvalue weighted by molar-refractivity contribution is 0.691. The Morgan fingerprint density at radius 3 is 2.21 bits per heavy atom. The van der Waals surface area contributed by atoms with Gasteiger partial charge in [-0.1, -0.05) is 171 Å². The first-order chi connectivity index (χ1) is 28.0. The molecule has 0 saturated heterocycles. The molecule has 2 unspecified atom stereocenters. The van der Waals surface area contributed by atoms with Gasteiger partial charge in [0, 0.05) is 5.70 Å². The van der Waals surface area contributed by atoms with Crippen LogP contribution in [0.2, 0.25) is 0 Å². The third-order valence-corrected chi connectivity index (χ3v) is 11.4. The Balaban J connectivity index is 1.40. The molecule has 1 heterocycles. The molecule has 1 aliphatic heterocycles. The van der Waals surface area contributed by atoms with Gasteiger partial charge in [0.05, 0.1) is 11.5 Å². The van der Waals surface area contributed by atoms with Crippen LogP contribution in [0.1, 0.15) is 74.4 Å². The van der Waals surface area contributed by atoms with E-state index in [2.05, 4.69) is 222 Å². The summed E-state index contributed by atoms with van der Waals surface area (Å²) in [5.41, 5.74) is 18.1. The predicted octanol–water partition coefficient (Wildman–Crippen LogP) is 14.6. The Labute approximate surface area is 341 Å². The maximum absolute atomic E-state index is 4.16. The van der Waals surface area contributed by atoms with Gasteiger partial charge in [0.25, 0.3) is 0 Å². The lowest BCUT2D eigenvalue weighted by Gasteiger charge is -2.37. The summed E-state index contributed by atoms with van der Waals surface area (Å²) in [6.45, 7) is 16.6. The largest absolute Gasteiger partial charge is 0.374 e. The van der Waals surface area contributed by atoms with Gasteiger partial charge in [0.2, 0.25) is 0 Å². The molecule has 3 aliphatic rings. The molecule has 0 aromatic heterocycles. The first-order valence-corrected chi connectivity index (χ1v) is 20.2. The normalized spacial score (nSPS) is 20.0.